The molecule has 0 unspecified atom stereocenters. The molecule has 6 nitrogen and oxygen atoms in total. The Balaban J connectivity index is 2.34. The van der Waals surface area contributed by atoms with Crippen LogP contribution in [0.5, 0.6) is 0 Å². The first-order valence-corrected chi connectivity index (χ1v) is 5.73. The van der Waals surface area contributed by atoms with Crippen molar-refractivity contribution in [3.63, 3.8) is 0 Å². The number of nitrogens with one attached hydrogen (secondary N) is 2. The van der Waals surface area contributed by atoms with Crippen molar-refractivity contribution in [3.8, 4) is 0 Å². The van der Waals surface area contributed by atoms with Crippen LogP contribution in [0.15, 0.2) is 4.47 Å². The molecule has 0 saturated carbocycles. The number of aryl methyl sites for hydroxylation is 2. The number of rotatable bonds is 5. The van der Waals surface area contributed by atoms with Gasteiger partial charge in [-0.05, 0) is 22.9 Å². The van der Waals surface area contributed by atoms with Crippen LogP contribution in [-0.2, 0) is 13.6 Å². The first-order valence-electron chi connectivity index (χ1n) is 4.94. The summed E-state index contributed by atoms with van der Waals surface area (Å²) in [6, 6.07) is -0.501. The van der Waals surface area contributed by atoms with Gasteiger partial charge >= 0.3 is 6.03 Å². The van der Waals surface area contributed by atoms with Crippen molar-refractivity contribution in [2.45, 2.75) is 13.5 Å². The van der Waals surface area contributed by atoms with Gasteiger partial charge in [0.05, 0.1) is 15.9 Å². The molecule has 1 rings (SSSR count). The van der Waals surface area contributed by atoms with Gasteiger partial charge in [-0.25, -0.2) is 4.79 Å². The highest BCUT2D eigenvalue weighted by molar-refractivity contribution is 9.10. The molecular weight excluding hydrogens is 274 g/mol. The van der Waals surface area contributed by atoms with Crippen molar-refractivity contribution >= 4 is 22.0 Å². The second-order valence-electron chi connectivity index (χ2n) is 3.44. The highest BCUT2D eigenvalue weighted by Gasteiger charge is 2.09. The molecule has 1 aromatic heterocycles. The number of halogens is 1. The second-order valence-corrected chi connectivity index (χ2v) is 4.23. The summed E-state index contributed by atoms with van der Waals surface area (Å²) in [6.45, 7) is 3.82. The third-order valence-electron chi connectivity index (χ3n) is 2.16. The molecular formula is C9H16BrN5O. The summed E-state index contributed by atoms with van der Waals surface area (Å²) in [5, 5.41) is 9.98. The van der Waals surface area contributed by atoms with E-state index in [-0.39, 0.29) is 0 Å². The Morgan fingerprint density at radius 1 is 1.56 bits per heavy atom. The standard InChI is InChI=1S/C9H16BrN5O/c1-6-8(10)7(15(2)14-6)5-12-3-4-13-9(11)16/h12H,3-5H2,1-2H3,(H3,11,13,16). The van der Waals surface area contributed by atoms with E-state index in [1.165, 1.54) is 0 Å². The zero-order chi connectivity index (χ0) is 12.1. The highest BCUT2D eigenvalue weighted by atomic mass is 79.9. The Kier molecular flexibility index (Phi) is 4.75. The number of carbonyl (C=O) groups excluding carboxylic acids is 1. The van der Waals surface area contributed by atoms with E-state index in [2.05, 4.69) is 31.7 Å². The van der Waals surface area contributed by atoms with Gasteiger partial charge in [-0.3, -0.25) is 4.68 Å². The van der Waals surface area contributed by atoms with Crippen LogP contribution in [-0.4, -0.2) is 28.9 Å². The summed E-state index contributed by atoms with van der Waals surface area (Å²) < 4.78 is 2.85. The summed E-state index contributed by atoms with van der Waals surface area (Å²) in [4.78, 5) is 10.4. The van der Waals surface area contributed by atoms with Crippen LogP contribution in [0.3, 0.4) is 0 Å². The maximum absolute atomic E-state index is 10.4. The van der Waals surface area contributed by atoms with E-state index < -0.39 is 6.03 Å². The van der Waals surface area contributed by atoms with Crippen LogP contribution < -0.4 is 16.4 Å². The predicted molar refractivity (Wildman–Crippen MR) is 64.9 cm³/mol. The number of primary amides is 1. The second kappa shape index (κ2) is 5.86. The van der Waals surface area contributed by atoms with Crippen molar-refractivity contribution in [1.82, 2.24) is 20.4 Å². The molecule has 0 fully saturated rings. The van der Waals surface area contributed by atoms with Crippen LogP contribution in [0, 0.1) is 6.92 Å². The van der Waals surface area contributed by atoms with Gasteiger partial charge < -0.3 is 16.4 Å². The molecule has 2 amide bonds. The third kappa shape index (κ3) is 3.49. The molecule has 0 saturated heterocycles. The van der Waals surface area contributed by atoms with E-state index in [0.29, 0.717) is 19.6 Å². The van der Waals surface area contributed by atoms with E-state index in [4.69, 9.17) is 5.73 Å². The Morgan fingerprint density at radius 2 is 2.25 bits per heavy atom. The maximum Gasteiger partial charge on any atom is 0.312 e. The zero-order valence-corrected chi connectivity index (χ0v) is 11.0. The van der Waals surface area contributed by atoms with Crippen LogP contribution in [0.25, 0.3) is 0 Å². The average molecular weight is 290 g/mol. The maximum atomic E-state index is 10.4. The molecule has 16 heavy (non-hydrogen) atoms. The molecule has 7 heteroatoms. The first-order chi connectivity index (χ1) is 7.52. The van der Waals surface area contributed by atoms with Gasteiger partial charge in [-0.15, -0.1) is 0 Å². The molecule has 0 aliphatic heterocycles. The normalized spacial score (nSPS) is 10.4. The molecule has 0 aliphatic rings. The fraction of sp³-hybridized carbons (Fsp3) is 0.556. The molecule has 1 aromatic rings. The quantitative estimate of drug-likeness (QED) is 0.680. The fourth-order valence-corrected chi connectivity index (χ4v) is 1.83. The first kappa shape index (κ1) is 13.0. The largest absolute Gasteiger partial charge is 0.352 e. The molecule has 0 aromatic carbocycles. The lowest BCUT2D eigenvalue weighted by Gasteiger charge is -2.06. The third-order valence-corrected chi connectivity index (χ3v) is 3.19. The van der Waals surface area contributed by atoms with Crippen molar-refractivity contribution in [3.05, 3.63) is 15.9 Å². The molecule has 0 radical (unpaired) electrons. The molecule has 1 heterocycles. The summed E-state index contributed by atoms with van der Waals surface area (Å²) in [7, 11) is 1.90. The summed E-state index contributed by atoms with van der Waals surface area (Å²) in [5.41, 5.74) is 6.99. The van der Waals surface area contributed by atoms with Crippen molar-refractivity contribution in [1.29, 1.82) is 0 Å². The van der Waals surface area contributed by atoms with Crippen molar-refractivity contribution in [2.75, 3.05) is 13.1 Å². The van der Waals surface area contributed by atoms with Gasteiger partial charge in [-0.1, -0.05) is 0 Å². The minimum absolute atomic E-state index is 0.501. The number of hydrogen-bond acceptors (Lipinski definition) is 3. The van der Waals surface area contributed by atoms with Gasteiger partial charge in [0.1, 0.15) is 0 Å². The van der Waals surface area contributed by atoms with Gasteiger partial charge in [0, 0.05) is 26.7 Å². The highest BCUT2D eigenvalue weighted by Crippen LogP contribution is 2.19. The lowest BCUT2D eigenvalue weighted by molar-refractivity contribution is 0.249. The van der Waals surface area contributed by atoms with Crippen LogP contribution in [0.4, 0.5) is 4.79 Å². The molecule has 0 spiro atoms. The van der Waals surface area contributed by atoms with E-state index in [0.717, 1.165) is 15.9 Å². The van der Waals surface area contributed by atoms with E-state index in [1.54, 1.807) is 0 Å². The predicted octanol–water partition coefficient (Wildman–Crippen LogP) is 0.249. The minimum Gasteiger partial charge on any atom is -0.352 e. The number of carbonyl (C=O) groups is 1. The Labute approximate surface area is 103 Å². The van der Waals surface area contributed by atoms with Crippen LogP contribution in [0.2, 0.25) is 0 Å². The monoisotopic (exact) mass is 289 g/mol. The van der Waals surface area contributed by atoms with Crippen LogP contribution >= 0.6 is 15.9 Å². The SMILES string of the molecule is Cc1nn(C)c(CNCCNC(N)=O)c1Br. The lowest BCUT2D eigenvalue weighted by atomic mass is 10.3. The van der Waals surface area contributed by atoms with E-state index in [9.17, 15) is 4.79 Å². The van der Waals surface area contributed by atoms with E-state index in [1.807, 2.05) is 18.7 Å². The van der Waals surface area contributed by atoms with Crippen molar-refractivity contribution in [2.24, 2.45) is 12.8 Å². The lowest BCUT2D eigenvalue weighted by Crippen LogP contribution is -2.35. The topological polar surface area (TPSA) is 85.0 Å². The van der Waals surface area contributed by atoms with Gasteiger partial charge in [0.2, 0.25) is 0 Å². The van der Waals surface area contributed by atoms with Crippen molar-refractivity contribution < 1.29 is 4.79 Å². The Morgan fingerprint density at radius 3 is 2.75 bits per heavy atom. The van der Waals surface area contributed by atoms with Gasteiger partial charge in [-0.2, -0.15) is 5.10 Å². The van der Waals surface area contributed by atoms with Crippen LogP contribution in [0.1, 0.15) is 11.4 Å². The Bertz CT molecular complexity index is 376. The number of urea groups is 1. The number of aromatic nitrogens is 2. The summed E-state index contributed by atoms with van der Waals surface area (Å²) in [5.74, 6) is 0. The number of amides is 2. The molecule has 90 valence electrons. The smallest absolute Gasteiger partial charge is 0.312 e. The van der Waals surface area contributed by atoms with Gasteiger partial charge in [0.15, 0.2) is 0 Å². The van der Waals surface area contributed by atoms with Gasteiger partial charge in [0.25, 0.3) is 0 Å². The fourth-order valence-electron chi connectivity index (χ4n) is 1.35. The molecule has 0 atom stereocenters. The molecule has 0 aliphatic carbocycles. The minimum atomic E-state index is -0.501. The number of nitrogens with zero attached hydrogens (tertiary/aromatic N) is 2. The Hall–Kier alpha value is -1.08. The number of hydrogen-bond donors (Lipinski definition) is 3. The summed E-state index contributed by atoms with van der Waals surface area (Å²) >= 11 is 3.48. The molecule has 0 bridgehead atoms. The summed E-state index contributed by atoms with van der Waals surface area (Å²) in [6.07, 6.45) is 0. The van der Waals surface area contributed by atoms with E-state index >= 15 is 0 Å². The average Bonchev–Trinajstić information content (AvgIpc) is 2.43. The molecule has 4 N–H and O–H groups in total. The zero-order valence-electron chi connectivity index (χ0n) is 9.38. The number of nitrogens with two attached hydrogens (primary N) is 1.